The summed E-state index contributed by atoms with van der Waals surface area (Å²) in [6, 6.07) is 5.83. The Morgan fingerprint density at radius 2 is 2.00 bits per heavy atom. The summed E-state index contributed by atoms with van der Waals surface area (Å²) in [6.07, 6.45) is -0.715. The van der Waals surface area contributed by atoms with E-state index in [1.165, 1.54) is 18.2 Å². The molecule has 0 amide bonds. The Hall–Kier alpha value is -2.24. The largest absolute Gasteiger partial charge is 0.433 e. The van der Waals surface area contributed by atoms with Crippen molar-refractivity contribution in [1.82, 2.24) is 0 Å². The van der Waals surface area contributed by atoms with Gasteiger partial charge in [0.1, 0.15) is 17.5 Å². The van der Waals surface area contributed by atoms with Crippen LogP contribution in [0.3, 0.4) is 0 Å². The molecule has 2 atom stereocenters. The van der Waals surface area contributed by atoms with E-state index in [-0.39, 0.29) is 28.8 Å². The maximum absolute atomic E-state index is 14.1. The highest BCUT2D eigenvalue weighted by atomic mass is 19.1. The second-order valence-electron chi connectivity index (χ2n) is 6.57. The van der Waals surface area contributed by atoms with Gasteiger partial charge >= 0.3 is 6.23 Å². The van der Waals surface area contributed by atoms with Crippen molar-refractivity contribution < 1.29 is 18.8 Å². The van der Waals surface area contributed by atoms with Gasteiger partial charge in [-0.05, 0) is 11.5 Å². The number of hydrogen-bond acceptors (Lipinski definition) is 4. The van der Waals surface area contributed by atoms with E-state index in [9.17, 15) is 19.3 Å². The first-order chi connectivity index (χ1) is 10.3. The fraction of sp³-hybridized carbons (Fsp3) is 0.438. The normalized spacial score (nSPS) is 26.6. The summed E-state index contributed by atoms with van der Waals surface area (Å²) in [7, 11) is 0. The third kappa shape index (κ3) is 2.28. The van der Waals surface area contributed by atoms with Crippen molar-refractivity contribution in [2.45, 2.75) is 38.8 Å². The zero-order valence-electron chi connectivity index (χ0n) is 12.3. The van der Waals surface area contributed by atoms with Crippen molar-refractivity contribution in [3.8, 4) is 0 Å². The summed E-state index contributed by atoms with van der Waals surface area (Å²) in [4.78, 5) is 23.2. The Kier molecular flexibility index (Phi) is 3.27. The smallest absolute Gasteiger partial charge is 0.364 e. The monoisotopic (exact) mass is 305 g/mol. The molecule has 0 saturated carbocycles. The fourth-order valence-electron chi connectivity index (χ4n) is 3.29. The molecule has 5 nitrogen and oxygen atoms in total. The quantitative estimate of drug-likeness (QED) is 0.621. The minimum absolute atomic E-state index is 0.141. The van der Waals surface area contributed by atoms with Crippen LogP contribution in [-0.2, 0) is 9.53 Å². The first kappa shape index (κ1) is 14.7. The van der Waals surface area contributed by atoms with Crippen molar-refractivity contribution in [1.29, 1.82) is 0 Å². The van der Waals surface area contributed by atoms with Crippen molar-refractivity contribution in [2.75, 3.05) is 0 Å². The van der Waals surface area contributed by atoms with Gasteiger partial charge in [0.05, 0.1) is 10.5 Å². The Balaban J connectivity index is 2.12. The topological polar surface area (TPSA) is 69.4 Å². The maximum atomic E-state index is 14.1. The molecule has 1 aliphatic carbocycles. The molecule has 116 valence electrons. The Morgan fingerprint density at radius 3 is 2.64 bits per heavy atom. The van der Waals surface area contributed by atoms with Gasteiger partial charge in [-0.25, -0.2) is 4.39 Å². The summed E-state index contributed by atoms with van der Waals surface area (Å²) in [5.41, 5.74) is 0.106. The van der Waals surface area contributed by atoms with Gasteiger partial charge in [0.15, 0.2) is 5.78 Å². The molecule has 0 radical (unpaired) electrons. The molecule has 1 aliphatic heterocycles. The molecule has 22 heavy (non-hydrogen) atoms. The van der Waals surface area contributed by atoms with Crippen LogP contribution in [-0.4, -0.2) is 16.9 Å². The fourth-order valence-corrected chi connectivity index (χ4v) is 3.29. The number of halogens is 1. The van der Waals surface area contributed by atoms with Crippen LogP contribution in [0.5, 0.6) is 0 Å². The molecule has 3 rings (SSSR count). The predicted octanol–water partition coefficient (Wildman–Crippen LogP) is 3.19. The molecule has 0 bridgehead atoms. The Bertz CT molecular complexity index is 695. The van der Waals surface area contributed by atoms with E-state index in [0.29, 0.717) is 12.2 Å². The summed E-state index contributed by atoms with van der Waals surface area (Å²) < 4.78 is 19.6. The van der Waals surface area contributed by atoms with Crippen molar-refractivity contribution >= 4 is 5.78 Å². The lowest BCUT2D eigenvalue weighted by atomic mass is 9.73. The number of benzene rings is 1. The number of ketones is 1. The van der Waals surface area contributed by atoms with E-state index < -0.39 is 22.9 Å². The first-order valence-corrected chi connectivity index (χ1v) is 7.11. The van der Waals surface area contributed by atoms with Gasteiger partial charge < -0.3 is 4.74 Å². The van der Waals surface area contributed by atoms with Crippen molar-refractivity contribution in [3.63, 3.8) is 0 Å². The Morgan fingerprint density at radius 1 is 1.32 bits per heavy atom. The zero-order valence-corrected chi connectivity index (χ0v) is 12.3. The molecule has 2 unspecified atom stereocenters. The molecule has 0 fully saturated rings. The van der Waals surface area contributed by atoms with E-state index in [1.807, 2.05) is 13.8 Å². The molecule has 6 heteroatoms. The van der Waals surface area contributed by atoms with E-state index in [1.54, 1.807) is 6.07 Å². The molecule has 1 aromatic rings. The lowest BCUT2D eigenvalue weighted by Crippen LogP contribution is -2.29. The van der Waals surface area contributed by atoms with Crippen LogP contribution in [0.25, 0.3) is 0 Å². The SMILES string of the molecule is CC1(C)CC(=O)C2=C(C1)OC([N+](=O)[O-])C2c1ccccc1F. The van der Waals surface area contributed by atoms with Crippen LogP contribution in [0.15, 0.2) is 35.6 Å². The molecule has 0 aromatic heterocycles. The highest BCUT2D eigenvalue weighted by Gasteiger charge is 2.52. The molecule has 0 spiro atoms. The van der Waals surface area contributed by atoms with Gasteiger partial charge in [0.2, 0.25) is 0 Å². The van der Waals surface area contributed by atoms with E-state index in [4.69, 9.17) is 4.74 Å². The highest BCUT2D eigenvalue weighted by molar-refractivity contribution is 5.99. The van der Waals surface area contributed by atoms with Gasteiger partial charge in [0.25, 0.3) is 0 Å². The second kappa shape index (κ2) is 4.90. The Labute approximate surface area is 126 Å². The lowest BCUT2D eigenvalue weighted by Gasteiger charge is -2.28. The molecule has 1 heterocycles. The average Bonchev–Trinajstić information content (AvgIpc) is 2.77. The minimum Gasteiger partial charge on any atom is -0.433 e. The van der Waals surface area contributed by atoms with Gasteiger partial charge in [0, 0.05) is 18.4 Å². The summed E-state index contributed by atoms with van der Waals surface area (Å²) >= 11 is 0. The number of rotatable bonds is 2. The van der Waals surface area contributed by atoms with Crippen LogP contribution in [0, 0.1) is 21.3 Å². The number of nitro groups is 1. The number of allylic oxidation sites excluding steroid dienone is 1. The third-order valence-corrected chi connectivity index (χ3v) is 4.19. The summed E-state index contributed by atoms with van der Waals surface area (Å²) in [6.45, 7) is 3.82. The van der Waals surface area contributed by atoms with Gasteiger partial charge in [-0.2, -0.15) is 0 Å². The van der Waals surface area contributed by atoms with Crippen LogP contribution in [0.2, 0.25) is 0 Å². The summed E-state index contributed by atoms with van der Waals surface area (Å²) in [5, 5.41) is 11.3. The first-order valence-electron chi connectivity index (χ1n) is 7.11. The minimum atomic E-state index is -1.44. The highest BCUT2D eigenvalue weighted by Crippen LogP contribution is 2.49. The predicted molar refractivity (Wildman–Crippen MR) is 76.1 cm³/mol. The zero-order chi connectivity index (χ0) is 16.1. The van der Waals surface area contributed by atoms with E-state index in [0.717, 1.165) is 0 Å². The van der Waals surface area contributed by atoms with Crippen LogP contribution >= 0.6 is 0 Å². The number of carbonyl (C=O) groups is 1. The molecule has 2 aliphatic rings. The van der Waals surface area contributed by atoms with Gasteiger partial charge in [-0.3, -0.25) is 14.9 Å². The van der Waals surface area contributed by atoms with Crippen molar-refractivity contribution in [3.05, 3.63) is 57.1 Å². The van der Waals surface area contributed by atoms with Crippen LogP contribution < -0.4 is 0 Å². The number of hydrogen-bond donors (Lipinski definition) is 0. The standard InChI is InChI=1S/C16H16FNO4/c1-16(2)7-11(19)14-12(8-16)22-15(18(20)21)13(14)9-5-3-4-6-10(9)17/h3-6,13,15H,7-8H2,1-2H3. The second-order valence-corrected chi connectivity index (χ2v) is 6.57. The van der Waals surface area contributed by atoms with Gasteiger partial charge in [-0.15, -0.1) is 0 Å². The number of ether oxygens (including phenoxy) is 1. The average molecular weight is 305 g/mol. The van der Waals surface area contributed by atoms with E-state index in [2.05, 4.69) is 0 Å². The number of nitrogens with zero attached hydrogens (tertiary/aromatic N) is 1. The van der Waals surface area contributed by atoms with E-state index >= 15 is 0 Å². The molecular formula is C16H16FNO4. The molecule has 0 N–H and O–H groups in total. The summed E-state index contributed by atoms with van der Waals surface area (Å²) in [5.74, 6) is -1.39. The number of Topliss-reactive ketones (excluding diaryl/α,β-unsaturated/α-hetero) is 1. The maximum Gasteiger partial charge on any atom is 0.364 e. The van der Waals surface area contributed by atoms with Crippen LogP contribution in [0.1, 0.15) is 38.2 Å². The molecular weight excluding hydrogens is 289 g/mol. The van der Waals surface area contributed by atoms with Gasteiger partial charge in [-0.1, -0.05) is 32.0 Å². The lowest BCUT2D eigenvalue weighted by molar-refractivity contribution is -0.570. The molecule has 0 saturated heterocycles. The third-order valence-electron chi connectivity index (χ3n) is 4.19. The van der Waals surface area contributed by atoms with Crippen LogP contribution in [0.4, 0.5) is 4.39 Å². The molecule has 1 aromatic carbocycles. The van der Waals surface area contributed by atoms with Crippen molar-refractivity contribution in [2.24, 2.45) is 5.41 Å². The number of carbonyl (C=O) groups excluding carboxylic acids is 1.